The van der Waals surface area contributed by atoms with Crippen LogP contribution in [-0.2, 0) is 27.2 Å². The molecule has 2 aliphatic rings. The number of carbonyl (C=O) groups is 1. The molecule has 0 radical (unpaired) electrons. The Bertz CT molecular complexity index is 523. The molecular weight excluding hydrogens is 282 g/mol. The van der Waals surface area contributed by atoms with Crippen molar-refractivity contribution in [3.8, 4) is 0 Å². The van der Waals surface area contributed by atoms with Crippen LogP contribution in [0.3, 0.4) is 0 Å². The lowest BCUT2D eigenvalue weighted by Gasteiger charge is -2.33. The smallest absolute Gasteiger partial charge is 0.311 e. The largest absolute Gasteiger partial charge is 0.469 e. The molecule has 6 nitrogen and oxygen atoms in total. The van der Waals surface area contributed by atoms with Crippen LogP contribution in [0.1, 0.15) is 56.3 Å². The van der Waals surface area contributed by atoms with Crippen molar-refractivity contribution >= 4 is 5.97 Å². The highest BCUT2D eigenvalue weighted by atomic mass is 16.5. The third kappa shape index (κ3) is 3.02. The Labute approximate surface area is 131 Å². The maximum absolute atomic E-state index is 11.6. The summed E-state index contributed by atoms with van der Waals surface area (Å²) in [6.07, 6.45) is 6.80. The zero-order valence-electron chi connectivity index (χ0n) is 13.5. The van der Waals surface area contributed by atoms with Crippen molar-refractivity contribution in [2.75, 3.05) is 13.7 Å². The molecule has 1 aliphatic carbocycles. The minimum atomic E-state index is -0.269. The summed E-state index contributed by atoms with van der Waals surface area (Å²) in [6, 6.07) is 0. The van der Waals surface area contributed by atoms with Gasteiger partial charge in [-0.15, -0.1) is 5.10 Å². The van der Waals surface area contributed by atoms with Crippen LogP contribution in [0.5, 0.6) is 0 Å². The van der Waals surface area contributed by atoms with Gasteiger partial charge in [-0.3, -0.25) is 4.79 Å². The molecular formula is C16H25N3O3. The Morgan fingerprint density at radius 1 is 1.36 bits per heavy atom. The number of nitrogens with zero attached hydrogens (tertiary/aromatic N) is 3. The van der Waals surface area contributed by atoms with Gasteiger partial charge in [-0.25, -0.2) is 4.68 Å². The Morgan fingerprint density at radius 2 is 2.14 bits per heavy atom. The van der Waals surface area contributed by atoms with E-state index in [-0.39, 0.29) is 24.4 Å². The maximum atomic E-state index is 11.6. The van der Waals surface area contributed by atoms with Crippen LogP contribution in [0.4, 0.5) is 0 Å². The number of rotatable bonds is 3. The molecule has 0 spiro atoms. The fraction of sp³-hybridized carbons (Fsp3) is 0.812. The average Bonchev–Trinajstić information content (AvgIpc) is 2.86. The topological polar surface area (TPSA) is 66.2 Å². The van der Waals surface area contributed by atoms with Crippen LogP contribution < -0.4 is 0 Å². The number of aromatic nitrogens is 3. The summed E-state index contributed by atoms with van der Waals surface area (Å²) in [4.78, 5) is 11.6. The Balaban J connectivity index is 1.84. The number of fused-ring (bicyclic) bond motifs is 1. The van der Waals surface area contributed by atoms with Gasteiger partial charge in [-0.1, -0.05) is 31.4 Å². The normalized spacial score (nSPS) is 26.3. The maximum Gasteiger partial charge on any atom is 0.311 e. The summed E-state index contributed by atoms with van der Waals surface area (Å²) >= 11 is 0. The lowest BCUT2D eigenvalue weighted by molar-refractivity contribution is -0.139. The molecule has 0 bridgehead atoms. The van der Waals surface area contributed by atoms with Crippen molar-refractivity contribution in [3.05, 3.63) is 11.4 Å². The predicted molar refractivity (Wildman–Crippen MR) is 80.5 cm³/mol. The number of esters is 1. The van der Waals surface area contributed by atoms with Crippen molar-refractivity contribution in [3.63, 3.8) is 0 Å². The number of methoxy groups -OCH3 is 1. The third-order valence-electron chi connectivity index (χ3n) is 5.04. The lowest BCUT2D eigenvalue weighted by Crippen LogP contribution is -2.31. The fourth-order valence-electron chi connectivity index (χ4n) is 3.94. The van der Waals surface area contributed by atoms with Gasteiger partial charge in [0.05, 0.1) is 44.2 Å². The summed E-state index contributed by atoms with van der Waals surface area (Å²) in [7, 11) is 1.40. The molecule has 2 atom stereocenters. The molecule has 1 aromatic heterocycles. The lowest BCUT2D eigenvalue weighted by atomic mass is 9.79. The summed E-state index contributed by atoms with van der Waals surface area (Å²) in [6.45, 7) is 3.55. The van der Waals surface area contributed by atoms with E-state index in [2.05, 4.69) is 17.2 Å². The second-order valence-corrected chi connectivity index (χ2v) is 6.42. The third-order valence-corrected chi connectivity index (χ3v) is 5.04. The summed E-state index contributed by atoms with van der Waals surface area (Å²) in [5, 5.41) is 8.43. The summed E-state index contributed by atoms with van der Waals surface area (Å²) < 4.78 is 12.9. The highest BCUT2D eigenvalue weighted by Gasteiger charge is 2.35. The van der Waals surface area contributed by atoms with E-state index in [1.54, 1.807) is 0 Å². The first kappa shape index (κ1) is 15.5. The zero-order valence-corrected chi connectivity index (χ0v) is 13.5. The van der Waals surface area contributed by atoms with Crippen LogP contribution in [-0.4, -0.2) is 40.8 Å². The van der Waals surface area contributed by atoms with Gasteiger partial charge in [-0.2, -0.15) is 0 Å². The standard InChI is InChI=1S/C16H25N3O3/c1-11-15-13(10-14(20)21-2)17-18-19(15)8-9-22-16(11)12-6-4-3-5-7-12/h11-12,16H,3-10H2,1-2H3/t11-,16+/m0/s1. The van der Waals surface area contributed by atoms with Gasteiger partial charge in [0.25, 0.3) is 0 Å². The molecule has 2 heterocycles. The quantitative estimate of drug-likeness (QED) is 0.800. The molecule has 0 unspecified atom stereocenters. The first-order valence-corrected chi connectivity index (χ1v) is 8.31. The summed E-state index contributed by atoms with van der Waals surface area (Å²) in [5.74, 6) is 0.548. The van der Waals surface area contributed by atoms with Gasteiger partial charge in [0.15, 0.2) is 0 Å². The van der Waals surface area contributed by atoms with Gasteiger partial charge >= 0.3 is 5.97 Å². The fourth-order valence-corrected chi connectivity index (χ4v) is 3.94. The molecule has 1 fully saturated rings. The van der Waals surface area contributed by atoms with Crippen LogP contribution in [0.25, 0.3) is 0 Å². The van der Waals surface area contributed by atoms with Crippen LogP contribution in [0, 0.1) is 5.92 Å². The Morgan fingerprint density at radius 3 is 2.86 bits per heavy atom. The molecule has 6 heteroatoms. The monoisotopic (exact) mass is 307 g/mol. The van der Waals surface area contributed by atoms with E-state index in [0.29, 0.717) is 19.1 Å². The molecule has 0 N–H and O–H groups in total. The average molecular weight is 307 g/mol. The van der Waals surface area contributed by atoms with Gasteiger partial charge in [-0.05, 0) is 18.8 Å². The van der Waals surface area contributed by atoms with Crippen molar-refractivity contribution in [2.45, 2.75) is 64.0 Å². The van der Waals surface area contributed by atoms with Gasteiger partial charge in [0.1, 0.15) is 0 Å². The van der Waals surface area contributed by atoms with Crippen molar-refractivity contribution in [2.24, 2.45) is 5.92 Å². The zero-order chi connectivity index (χ0) is 15.5. The molecule has 22 heavy (non-hydrogen) atoms. The van der Waals surface area contributed by atoms with Gasteiger partial charge in [0.2, 0.25) is 0 Å². The van der Waals surface area contributed by atoms with Gasteiger partial charge in [0, 0.05) is 5.92 Å². The molecule has 0 amide bonds. The van der Waals surface area contributed by atoms with E-state index < -0.39 is 0 Å². The highest BCUT2D eigenvalue weighted by molar-refractivity contribution is 5.72. The first-order valence-electron chi connectivity index (χ1n) is 8.31. The molecule has 1 aromatic rings. The van der Waals surface area contributed by atoms with E-state index in [0.717, 1.165) is 11.4 Å². The minimum absolute atomic E-state index is 0.188. The van der Waals surface area contributed by atoms with Crippen molar-refractivity contribution in [1.29, 1.82) is 0 Å². The van der Waals surface area contributed by atoms with Gasteiger partial charge < -0.3 is 9.47 Å². The molecule has 1 aliphatic heterocycles. The van der Waals surface area contributed by atoms with E-state index in [1.165, 1.54) is 39.2 Å². The van der Waals surface area contributed by atoms with E-state index in [4.69, 9.17) is 9.47 Å². The number of hydrogen-bond acceptors (Lipinski definition) is 5. The molecule has 0 aromatic carbocycles. The van der Waals surface area contributed by atoms with Crippen molar-refractivity contribution < 1.29 is 14.3 Å². The van der Waals surface area contributed by atoms with Crippen LogP contribution in [0.2, 0.25) is 0 Å². The summed E-state index contributed by atoms with van der Waals surface area (Å²) in [5.41, 5.74) is 1.80. The molecule has 3 rings (SSSR count). The van der Waals surface area contributed by atoms with E-state index >= 15 is 0 Å². The Hall–Kier alpha value is -1.43. The molecule has 1 saturated carbocycles. The van der Waals surface area contributed by atoms with E-state index in [1.807, 2.05) is 4.68 Å². The van der Waals surface area contributed by atoms with Crippen LogP contribution in [0.15, 0.2) is 0 Å². The van der Waals surface area contributed by atoms with E-state index in [9.17, 15) is 4.79 Å². The number of ether oxygens (including phenoxy) is 2. The Kier molecular flexibility index (Phi) is 4.76. The number of carbonyl (C=O) groups excluding carboxylic acids is 1. The van der Waals surface area contributed by atoms with Crippen LogP contribution >= 0.6 is 0 Å². The predicted octanol–water partition coefficient (Wildman–Crippen LogP) is 2.08. The number of hydrogen-bond donors (Lipinski definition) is 0. The minimum Gasteiger partial charge on any atom is -0.469 e. The first-order chi connectivity index (χ1) is 10.7. The second kappa shape index (κ2) is 6.77. The SMILES string of the molecule is COC(=O)Cc1nnn2c1[C@H](C)[C@H](C1CCCCC1)OCC2. The van der Waals surface area contributed by atoms with Crippen molar-refractivity contribution in [1.82, 2.24) is 15.0 Å². The second-order valence-electron chi connectivity index (χ2n) is 6.42. The molecule has 122 valence electrons. The molecule has 0 saturated heterocycles. The highest BCUT2D eigenvalue weighted by Crippen LogP contribution is 2.37.